The Kier molecular flexibility index (Phi) is 7.28. The summed E-state index contributed by atoms with van der Waals surface area (Å²) in [5, 5.41) is 7.18. The third-order valence-corrected chi connectivity index (χ3v) is 4.27. The van der Waals surface area contributed by atoms with Crippen LogP contribution < -0.4 is 10.6 Å². The molecule has 2 rings (SSSR count). The van der Waals surface area contributed by atoms with Crippen molar-refractivity contribution >= 4 is 29.2 Å². The van der Waals surface area contributed by atoms with Crippen molar-refractivity contribution in [1.29, 1.82) is 0 Å². The van der Waals surface area contributed by atoms with Crippen LogP contribution in [0.4, 0.5) is 4.79 Å². The van der Waals surface area contributed by atoms with Gasteiger partial charge >= 0.3 is 12.0 Å². The minimum Gasteiger partial charge on any atom is -0.455 e. The van der Waals surface area contributed by atoms with Crippen LogP contribution in [-0.2, 0) is 20.7 Å². The molecule has 138 valence electrons. The number of aromatic nitrogens is 1. The summed E-state index contributed by atoms with van der Waals surface area (Å²) in [5.41, 5.74) is 2.73. The number of carbonyl (C=O) groups excluding carboxylic acids is 3. The van der Waals surface area contributed by atoms with E-state index in [4.69, 9.17) is 4.74 Å². The van der Waals surface area contributed by atoms with Crippen molar-refractivity contribution in [3.63, 3.8) is 0 Å². The first-order chi connectivity index (χ1) is 12.5. The summed E-state index contributed by atoms with van der Waals surface area (Å²) in [7, 11) is 0. The number of nitrogens with one attached hydrogen (secondary N) is 2. The summed E-state index contributed by atoms with van der Waals surface area (Å²) < 4.78 is 4.88. The predicted molar refractivity (Wildman–Crippen MR) is 98.8 cm³/mol. The van der Waals surface area contributed by atoms with Crippen LogP contribution >= 0.6 is 11.3 Å². The highest BCUT2D eigenvalue weighted by atomic mass is 32.1. The van der Waals surface area contributed by atoms with Gasteiger partial charge in [0.05, 0.1) is 12.1 Å². The summed E-state index contributed by atoms with van der Waals surface area (Å²) in [6.07, 6.45) is 0.729. The molecule has 0 aliphatic carbocycles. The molecule has 0 bridgehead atoms. The Morgan fingerprint density at radius 3 is 2.62 bits per heavy atom. The highest BCUT2D eigenvalue weighted by Gasteiger charge is 2.13. The van der Waals surface area contributed by atoms with Gasteiger partial charge in [0.2, 0.25) is 0 Å². The molecule has 1 aromatic carbocycles. The van der Waals surface area contributed by atoms with Crippen LogP contribution in [0.1, 0.15) is 24.6 Å². The SMILES string of the molecule is CCCNC(=O)NC(=O)COC(=O)Cc1csc(-c2ccc(C)cc2)n1. The number of thiazole rings is 1. The molecular weight excluding hydrogens is 354 g/mol. The average molecular weight is 375 g/mol. The Labute approximate surface area is 155 Å². The van der Waals surface area contributed by atoms with Crippen molar-refractivity contribution in [2.45, 2.75) is 26.7 Å². The predicted octanol–water partition coefficient (Wildman–Crippen LogP) is 2.44. The zero-order valence-electron chi connectivity index (χ0n) is 14.7. The fraction of sp³-hybridized carbons (Fsp3) is 0.333. The van der Waals surface area contributed by atoms with Crippen LogP contribution in [0, 0.1) is 6.92 Å². The first kappa shape index (κ1) is 19.6. The summed E-state index contributed by atoms with van der Waals surface area (Å²) in [6, 6.07) is 7.35. The number of benzene rings is 1. The molecular formula is C18H21N3O4S. The van der Waals surface area contributed by atoms with E-state index in [-0.39, 0.29) is 6.42 Å². The van der Waals surface area contributed by atoms with Gasteiger partial charge in [-0.25, -0.2) is 9.78 Å². The molecule has 0 radical (unpaired) electrons. The van der Waals surface area contributed by atoms with E-state index in [1.807, 2.05) is 38.1 Å². The monoisotopic (exact) mass is 375 g/mol. The number of esters is 1. The third-order valence-electron chi connectivity index (χ3n) is 3.33. The topological polar surface area (TPSA) is 97.4 Å². The number of amides is 3. The molecule has 0 saturated carbocycles. The lowest BCUT2D eigenvalue weighted by Gasteiger charge is -2.06. The van der Waals surface area contributed by atoms with Gasteiger partial charge in [-0.15, -0.1) is 11.3 Å². The van der Waals surface area contributed by atoms with E-state index < -0.39 is 24.5 Å². The quantitative estimate of drug-likeness (QED) is 0.725. The fourth-order valence-corrected chi connectivity index (χ4v) is 2.83. The maximum Gasteiger partial charge on any atom is 0.321 e. The Bertz CT molecular complexity index is 771. The number of hydrogen-bond acceptors (Lipinski definition) is 6. The molecule has 7 nitrogen and oxygen atoms in total. The van der Waals surface area contributed by atoms with E-state index in [1.165, 1.54) is 11.3 Å². The normalized spacial score (nSPS) is 10.2. The van der Waals surface area contributed by atoms with Crippen LogP contribution in [0.25, 0.3) is 10.6 Å². The van der Waals surface area contributed by atoms with Crippen molar-refractivity contribution in [2.75, 3.05) is 13.2 Å². The first-order valence-corrected chi connectivity index (χ1v) is 9.10. The van der Waals surface area contributed by atoms with Gasteiger partial charge in [-0.05, 0) is 13.3 Å². The van der Waals surface area contributed by atoms with Crippen molar-refractivity contribution in [3.8, 4) is 10.6 Å². The minimum absolute atomic E-state index is 0.0301. The molecule has 0 fully saturated rings. The lowest BCUT2D eigenvalue weighted by molar-refractivity contribution is -0.147. The van der Waals surface area contributed by atoms with Crippen LogP contribution in [0.3, 0.4) is 0 Å². The number of carbonyl (C=O) groups is 3. The van der Waals surface area contributed by atoms with E-state index in [0.717, 1.165) is 22.6 Å². The summed E-state index contributed by atoms with van der Waals surface area (Å²) in [5.74, 6) is -1.25. The van der Waals surface area contributed by atoms with Crippen molar-refractivity contribution in [2.24, 2.45) is 0 Å². The second-order valence-electron chi connectivity index (χ2n) is 5.65. The van der Waals surface area contributed by atoms with Crippen molar-refractivity contribution < 1.29 is 19.1 Å². The molecule has 1 aromatic heterocycles. The average Bonchev–Trinajstić information content (AvgIpc) is 3.07. The molecule has 2 N–H and O–H groups in total. The summed E-state index contributed by atoms with van der Waals surface area (Å²) in [4.78, 5) is 39.1. The van der Waals surface area contributed by atoms with Gasteiger partial charge in [0.15, 0.2) is 6.61 Å². The summed E-state index contributed by atoms with van der Waals surface area (Å²) in [6.45, 7) is 3.86. The minimum atomic E-state index is -0.675. The van der Waals surface area contributed by atoms with E-state index in [1.54, 1.807) is 5.38 Å². The highest BCUT2D eigenvalue weighted by molar-refractivity contribution is 7.13. The van der Waals surface area contributed by atoms with Crippen LogP contribution in [-0.4, -0.2) is 36.0 Å². The fourth-order valence-electron chi connectivity index (χ4n) is 2.01. The number of ether oxygens (including phenoxy) is 1. The van der Waals surface area contributed by atoms with Gasteiger partial charge in [-0.3, -0.25) is 14.9 Å². The lowest BCUT2D eigenvalue weighted by atomic mass is 10.2. The maximum atomic E-state index is 11.8. The molecule has 0 unspecified atom stereocenters. The van der Waals surface area contributed by atoms with Gasteiger partial charge in [-0.2, -0.15) is 0 Å². The molecule has 3 amide bonds. The van der Waals surface area contributed by atoms with E-state index in [9.17, 15) is 14.4 Å². The Morgan fingerprint density at radius 1 is 1.19 bits per heavy atom. The standard InChI is InChI=1S/C18H21N3O4S/c1-3-8-19-18(24)21-15(22)10-25-16(23)9-14-11-26-17(20-14)13-6-4-12(2)5-7-13/h4-7,11H,3,8-10H2,1-2H3,(H2,19,21,22,24). The zero-order valence-corrected chi connectivity index (χ0v) is 15.5. The van der Waals surface area contributed by atoms with Gasteiger partial charge in [0, 0.05) is 17.5 Å². The highest BCUT2D eigenvalue weighted by Crippen LogP contribution is 2.24. The van der Waals surface area contributed by atoms with Gasteiger partial charge in [0.25, 0.3) is 5.91 Å². The molecule has 0 saturated heterocycles. The zero-order chi connectivity index (χ0) is 18.9. The summed E-state index contributed by atoms with van der Waals surface area (Å²) >= 11 is 1.44. The number of hydrogen-bond donors (Lipinski definition) is 2. The number of urea groups is 1. The van der Waals surface area contributed by atoms with Gasteiger partial charge < -0.3 is 10.1 Å². The van der Waals surface area contributed by atoms with Gasteiger partial charge in [0.1, 0.15) is 5.01 Å². The van der Waals surface area contributed by atoms with E-state index in [0.29, 0.717) is 12.2 Å². The Balaban J connectivity index is 1.78. The molecule has 26 heavy (non-hydrogen) atoms. The van der Waals surface area contributed by atoms with Crippen molar-refractivity contribution in [1.82, 2.24) is 15.6 Å². The molecule has 0 aliphatic heterocycles. The van der Waals surface area contributed by atoms with E-state index >= 15 is 0 Å². The molecule has 0 aliphatic rings. The van der Waals surface area contributed by atoms with Crippen LogP contribution in [0.2, 0.25) is 0 Å². The molecule has 2 aromatic rings. The molecule has 0 atom stereocenters. The van der Waals surface area contributed by atoms with Crippen LogP contribution in [0.5, 0.6) is 0 Å². The lowest BCUT2D eigenvalue weighted by Crippen LogP contribution is -2.41. The Hall–Kier alpha value is -2.74. The molecule has 1 heterocycles. The number of nitrogens with zero attached hydrogens (tertiary/aromatic N) is 1. The molecule has 8 heteroatoms. The number of aryl methyl sites for hydroxylation is 1. The number of rotatable bonds is 7. The third kappa shape index (κ3) is 6.29. The second kappa shape index (κ2) is 9.67. The molecule has 0 spiro atoms. The first-order valence-electron chi connectivity index (χ1n) is 8.22. The van der Waals surface area contributed by atoms with Crippen LogP contribution in [0.15, 0.2) is 29.6 Å². The maximum absolute atomic E-state index is 11.8. The van der Waals surface area contributed by atoms with Gasteiger partial charge in [-0.1, -0.05) is 36.8 Å². The Morgan fingerprint density at radius 2 is 1.92 bits per heavy atom. The van der Waals surface area contributed by atoms with E-state index in [2.05, 4.69) is 15.6 Å². The second-order valence-corrected chi connectivity index (χ2v) is 6.51. The number of imide groups is 1. The van der Waals surface area contributed by atoms with Crippen molar-refractivity contribution in [3.05, 3.63) is 40.9 Å². The smallest absolute Gasteiger partial charge is 0.321 e. The largest absolute Gasteiger partial charge is 0.455 e.